The van der Waals surface area contributed by atoms with Crippen molar-refractivity contribution in [2.75, 3.05) is 46.4 Å². The first kappa shape index (κ1) is 16.6. The van der Waals surface area contributed by atoms with E-state index in [1.54, 1.807) is 0 Å². The van der Waals surface area contributed by atoms with Gasteiger partial charge in [-0.2, -0.15) is 0 Å². The van der Waals surface area contributed by atoms with E-state index in [0.717, 1.165) is 43.6 Å². The number of ether oxygens (including phenoxy) is 1. The molecule has 2 rings (SSSR count). The van der Waals surface area contributed by atoms with Crippen LogP contribution in [0.15, 0.2) is 0 Å². The monoisotopic (exact) mass is 314 g/mol. The molecule has 0 bridgehead atoms. The smallest absolute Gasteiger partial charge is 0.294 e. The van der Waals surface area contributed by atoms with Gasteiger partial charge in [-0.25, -0.2) is 0 Å². The molecule has 0 aliphatic carbocycles. The summed E-state index contributed by atoms with van der Waals surface area (Å²) in [4.78, 5) is 4.66. The van der Waals surface area contributed by atoms with Crippen molar-refractivity contribution < 1.29 is 9.84 Å². The average molecular weight is 314 g/mol. The zero-order valence-corrected chi connectivity index (χ0v) is 13.8. The molecule has 0 saturated carbocycles. The van der Waals surface area contributed by atoms with Crippen molar-refractivity contribution in [3.8, 4) is 5.19 Å². The van der Waals surface area contributed by atoms with Crippen LogP contribution >= 0.6 is 11.3 Å². The molecule has 1 aliphatic rings. The van der Waals surface area contributed by atoms with Gasteiger partial charge < -0.3 is 14.7 Å². The Labute approximate surface area is 130 Å². The molecular formula is C14H26N4O2S. The van der Waals surface area contributed by atoms with Gasteiger partial charge in [-0.15, -0.1) is 10.2 Å². The first-order valence-electron chi connectivity index (χ1n) is 7.68. The summed E-state index contributed by atoms with van der Waals surface area (Å²) in [5.74, 6) is 0.740. The van der Waals surface area contributed by atoms with Crippen molar-refractivity contribution in [2.24, 2.45) is 5.92 Å². The van der Waals surface area contributed by atoms with E-state index in [4.69, 9.17) is 9.84 Å². The van der Waals surface area contributed by atoms with Crippen LogP contribution in [0.3, 0.4) is 0 Å². The van der Waals surface area contributed by atoms with Gasteiger partial charge in [-0.05, 0) is 45.8 Å². The van der Waals surface area contributed by atoms with Gasteiger partial charge in [0, 0.05) is 13.1 Å². The molecule has 1 N–H and O–H groups in total. The Hall–Kier alpha value is -0.760. The minimum absolute atomic E-state index is 0.268. The fraction of sp³-hybridized carbons (Fsp3) is 0.857. The predicted octanol–water partition coefficient (Wildman–Crippen LogP) is 1.07. The highest BCUT2D eigenvalue weighted by Gasteiger charge is 2.20. The lowest BCUT2D eigenvalue weighted by Gasteiger charge is -2.33. The van der Waals surface area contributed by atoms with Crippen LogP contribution in [-0.4, -0.2) is 71.5 Å². The highest BCUT2D eigenvalue weighted by atomic mass is 32.1. The van der Waals surface area contributed by atoms with Crippen LogP contribution in [-0.2, 0) is 6.54 Å². The normalized spacial score (nSPS) is 17.5. The maximum atomic E-state index is 8.96. The van der Waals surface area contributed by atoms with E-state index in [1.165, 1.54) is 24.2 Å². The Kier molecular flexibility index (Phi) is 6.82. The van der Waals surface area contributed by atoms with E-state index in [2.05, 4.69) is 27.0 Å². The number of aliphatic hydroxyl groups excluding tert-OH is 1. The van der Waals surface area contributed by atoms with Crippen molar-refractivity contribution in [3.05, 3.63) is 5.01 Å². The van der Waals surface area contributed by atoms with Crippen LogP contribution in [0.4, 0.5) is 0 Å². The highest BCUT2D eigenvalue weighted by molar-refractivity contribution is 7.13. The van der Waals surface area contributed by atoms with E-state index in [1.807, 2.05) is 6.92 Å². The molecule has 0 amide bonds. The number of hydrogen-bond donors (Lipinski definition) is 1. The van der Waals surface area contributed by atoms with Crippen LogP contribution < -0.4 is 4.74 Å². The van der Waals surface area contributed by atoms with Crippen LogP contribution in [0.25, 0.3) is 0 Å². The molecule has 1 saturated heterocycles. The lowest BCUT2D eigenvalue weighted by molar-refractivity contribution is 0.129. The zero-order valence-electron chi connectivity index (χ0n) is 13.0. The lowest BCUT2D eigenvalue weighted by atomic mass is 9.96. The summed E-state index contributed by atoms with van der Waals surface area (Å²) in [6, 6.07) is 0. The van der Waals surface area contributed by atoms with Crippen LogP contribution in [0.1, 0.15) is 24.8 Å². The van der Waals surface area contributed by atoms with Gasteiger partial charge in [-0.3, -0.25) is 4.90 Å². The summed E-state index contributed by atoms with van der Waals surface area (Å²) in [5.41, 5.74) is 0. The van der Waals surface area contributed by atoms with Crippen LogP contribution in [0.5, 0.6) is 5.19 Å². The Balaban J connectivity index is 1.70. The summed E-state index contributed by atoms with van der Waals surface area (Å²) < 4.78 is 5.35. The Morgan fingerprint density at radius 1 is 1.38 bits per heavy atom. The molecule has 21 heavy (non-hydrogen) atoms. The third-order valence-electron chi connectivity index (χ3n) is 3.81. The first-order chi connectivity index (χ1) is 10.2. The van der Waals surface area contributed by atoms with Gasteiger partial charge in [0.05, 0.1) is 19.8 Å². The molecule has 0 aromatic carbocycles. The molecular weight excluding hydrogens is 288 g/mol. The number of rotatable bonds is 8. The average Bonchev–Trinajstić information content (AvgIpc) is 2.89. The molecule has 0 radical (unpaired) electrons. The van der Waals surface area contributed by atoms with E-state index >= 15 is 0 Å². The van der Waals surface area contributed by atoms with Crippen LogP contribution in [0.2, 0.25) is 0 Å². The van der Waals surface area contributed by atoms with Crippen molar-refractivity contribution in [3.63, 3.8) is 0 Å². The third-order valence-corrected chi connectivity index (χ3v) is 4.64. The van der Waals surface area contributed by atoms with Gasteiger partial charge in [0.25, 0.3) is 5.19 Å². The summed E-state index contributed by atoms with van der Waals surface area (Å²) in [7, 11) is 2.14. The van der Waals surface area contributed by atoms with Crippen molar-refractivity contribution in [1.29, 1.82) is 0 Å². The number of nitrogens with zero attached hydrogens (tertiary/aromatic N) is 4. The van der Waals surface area contributed by atoms with Gasteiger partial charge >= 0.3 is 0 Å². The summed E-state index contributed by atoms with van der Waals surface area (Å²) in [6.07, 6.45) is 2.43. The third kappa shape index (κ3) is 5.50. The summed E-state index contributed by atoms with van der Waals surface area (Å²) in [6.45, 7) is 7.81. The van der Waals surface area contributed by atoms with Crippen molar-refractivity contribution in [1.82, 2.24) is 20.0 Å². The van der Waals surface area contributed by atoms with E-state index in [0.29, 0.717) is 11.8 Å². The molecule has 1 aliphatic heterocycles. The van der Waals surface area contributed by atoms with Crippen LogP contribution in [0, 0.1) is 5.92 Å². The molecule has 1 fully saturated rings. The predicted molar refractivity (Wildman–Crippen MR) is 83.7 cm³/mol. The van der Waals surface area contributed by atoms with E-state index < -0.39 is 0 Å². The SMILES string of the molecule is CCOc1nnc(CN(C)CC2CCN(CCO)CC2)s1. The van der Waals surface area contributed by atoms with Gasteiger partial charge in [-0.1, -0.05) is 11.3 Å². The molecule has 0 spiro atoms. The molecule has 1 aromatic heterocycles. The summed E-state index contributed by atoms with van der Waals surface area (Å²) >= 11 is 1.53. The standard InChI is InChI=1S/C14H26N4O2S/c1-3-20-14-16-15-13(21-14)11-17(2)10-12-4-6-18(7-5-12)8-9-19/h12,19H,3-11H2,1-2H3. The number of aromatic nitrogens is 2. The van der Waals surface area contributed by atoms with Crippen molar-refractivity contribution >= 4 is 11.3 Å². The van der Waals surface area contributed by atoms with E-state index in [-0.39, 0.29) is 6.61 Å². The summed E-state index contributed by atoms with van der Waals surface area (Å²) in [5, 5.41) is 18.8. The van der Waals surface area contributed by atoms with Crippen molar-refractivity contribution in [2.45, 2.75) is 26.3 Å². The molecule has 1 aromatic rings. The Bertz CT molecular complexity index is 407. The topological polar surface area (TPSA) is 61.7 Å². The number of piperidine rings is 1. The Morgan fingerprint density at radius 2 is 2.14 bits per heavy atom. The van der Waals surface area contributed by atoms with Gasteiger partial charge in [0.2, 0.25) is 0 Å². The number of aliphatic hydroxyl groups is 1. The maximum Gasteiger partial charge on any atom is 0.294 e. The fourth-order valence-electron chi connectivity index (χ4n) is 2.75. The molecule has 7 heteroatoms. The second-order valence-corrected chi connectivity index (χ2v) is 6.62. The lowest BCUT2D eigenvalue weighted by Crippen LogP contribution is -2.38. The second-order valence-electron chi connectivity index (χ2n) is 5.60. The zero-order chi connectivity index (χ0) is 15.1. The first-order valence-corrected chi connectivity index (χ1v) is 8.49. The largest absolute Gasteiger partial charge is 0.469 e. The minimum Gasteiger partial charge on any atom is -0.469 e. The number of hydrogen-bond acceptors (Lipinski definition) is 7. The Morgan fingerprint density at radius 3 is 2.81 bits per heavy atom. The van der Waals surface area contributed by atoms with Gasteiger partial charge in [0.1, 0.15) is 5.01 Å². The van der Waals surface area contributed by atoms with Gasteiger partial charge in [0.15, 0.2) is 0 Å². The van der Waals surface area contributed by atoms with E-state index in [9.17, 15) is 0 Å². The quantitative estimate of drug-likeness (QED) is 0.774. The second kappa shape index (κ2) is 8.63. The molecule has 0 unspecified atom stereocenters. The molecule has 2 heterocycles. The minimum atomic E-state index is 0.268. The number of β-amino-alcohol motifs (C(OH)–C–C–N with tert-alkyl or cyclic N) is 1. The maximum absolute atomic E-state index is 8.96. The molecule has 6 nitrogen and oxygen atoms in total. The molecule has 0 atom stereocenters. The fourth-order valence-corrected chi connectivity index (χ4v) is 3.58. The number of likely N-dealkylation sites (tertiary alicyclic amines) is 1. The highest BCUT2D eigenvalue weighted by Crippen LogP contribution is 2.21. The molecule has 120 valence electrons.